The number of amides is 1. The van der Waals surface area contributed by atoms with Crippen LogP contribution in [-0.2, 0) is 6.42 Å². The molecule has 8 heteroatoms. The molecule has 30 heavy (non-hydrogen) atoms. The van der Waals surface area contributed by atoms with Crippen molar-refractivity contribution in [2.45, 2.75) is 49.7 Å². The largest absolute Gasteiger partial charge is 0.497 e. The van der Waals surface area contributed by atoms with Crippen LogP contribution < -0.4 is 10.1 Å². The van der Waals surface area contributed by atoms with E-state index in [1.807, 2.05) is 30.5 Å². The molecular formula is C22H27N5O2S. The quantitative estimate of drug-likeness (QED) is 0.433. The molecule has 158 valence electrons. The number of nitrogens with zero attached hydrogens (tertiary/aromatic N) is 4. The minimum absolute atomic E-state index is 0.158. The lowest BCUT2D eigenvalue weighted by Crippen LogP contribution is -2.26. The van der Waals surface area contributed by atoms with Gasteiger partial charge in [-0.3, -0.25) is 4.79 Å². The van der Waals surface area contributed by atoms with Crippen molar-refractivity contribution in [1.82, 2.24) is 25.1 Å². The zero-order valence-corrected chi connectivity index (χ0v) is 18.2. The Bertz CT molecular complexity index is 1030. The van der Waals surface area contributed by atoms with Crippen LogP contribution in [0.25, 0.3) is 10.9 Å². The topological polar surface area (TPSA) is 81.9 Å². The van der Waals surface area contributed by atoms with Crippen LogP contribution in [0.5, 0.6) is 5.75 Å². The van der Waals surface area contributed by atoms with Gasteiger partial charge in [0.05, 0.1) is 12.6 Å². The number of carbonyl (C=O) groups is 1. The molecule has 0 spiro atoms. The van der Waals surface area contributed by atoms with Crippen molar-refractivity contribution in [2.75, 3.05) is 19.9 Å². The molecule has 0 atom stereocenters. The predicted molar refractivity (Wildman–Crippen MR) is 118 cm³/mol. The first-order chi connectivity index (χ1) is 14.7. The number of aryl methyl sites for hydroxylation is 1. The van der Waals surface area contributed by atoms with Gasteiger partial charge in [-0.2, -0.15) is 0 Å². The number of ether oxygens (including phenoxy) is 1. The Morgan fingerprint density at radius 3 is 2.83 bits per heavy atom. The number of aromatic nitrogens is 4. The molecule has 1 N–H and O–H groups in total. The highest BCUT2D eigenvalue weighted by atomic mass is 32.2. The molecule has 0 saturated heterocycles. The van der Waals surface area contributed by atoms with Crippen molar-refractivity contribution in [1.29, 1.82) is 0 Å². The van der Waals surface area contributed by atoms with Gasteiger partial charge in [0, 0.05) is 24.4 Å². The molecule has 2 aromatic heterocycles. The molecule has 2 heterocycles. The minimum atomic E-state index is -0.158. The molecule has 0 aliphatic heterocycles. The van der Waals surface area contributed by atoms with Gasteiger partial charge in [0.25, 0.3) is 5.91 Å². The van der Waals surface area contributed by atoms with Crippen LogP contribution in [0.1, 0.15) is 54.5 Å². The molecule has 3 aromatic rings. The highest BCUT2D eigenvalue weighted by molar-refractivity contribution is 7.98. The molecular weight excluding hydrogens is 398 g/mol. The molecule has 4 rings (SSSR count). The number of nitrogens with one attached hydrogen (secondary N) is 1. The number of benzene rings is 1. The van der Waals surface area contributed by atoms with Crippen molar-refractivity contribution < 1.29 is 9.53 Å². The first-order valence-electron chi connectivity index (χ1n) is 10.4. The SMILES string of the molecule is COc1ccc2nc(C(=O)NCCCc3nnc(SC)n3C3CCCC3)ccc2c1. The van der Waals surface area contributed by atoms with E-state index in [4.69, 9.17) is 4.74 Å². The van der Waals surface area contributed by atoms with Crippen LogP contribution in [-0.4, -0.2) is 45.6 Å². The first kappa shape index (κ1) is 20.7. The van der Waals surface area contributed by atoms with Crippen LogP contribution in [0.15, 0.2) is 35.5 Å². The molecule has 0 bridgehead atoms. The van der Waals surface area contributed by atoms with Gasteiger partial charge in [0.2, 0.25) is 0 Å². The van der Waals surface area contributed by atoms with E-state index < -0.39 is 0 Å². The zero-order valence-electron chi connectivity index (χ0n) is 17.4. The van der Waals surface area contributed by atoms with E-state index in [-0.39, 0.29) is 5.91 Å². The molecule has 7 nitrogen and oxygen atoms in total. The van der Waals surface area contributed by atoms with E-state index in [0.717, 1.165) is 40.5 Å². The van der Waals surface area contributed by atoms with Crippen LogP contribution in [0, 0.1) is 0 Å². The van der Waals surface area contributed by atoms with Gasteiger partial charge in [-0.25, -0.2) is 4.98 Å². The third-order valence-electron chi connectivity index (χ3n) is 5.60. The lowest BCUT2D eigenvalue weighted by atomic mass is 10.2. The van der Waals surface area contributed by atoms with Crippen molar-refractivity contribution in [3.8, 4) is 5.75 Å². The summed E-state index contributed by atoms with van der Waals surface area (Å²) >= 11 is 1.65. The number of rotatable bonds is 8. The molecule has 0 unspecified atom stereocenters. The van der Waals surface area contributed by atoms with Gasteiger partial charge < -0.3 is 14.6 Å². The average Bonchev–Trinajstić information content (AvgIpc) is 3.45. The Balaban J connectivity index is 1.34. The number of hydrogen-bond donors (Lipinski definition) is 1. The fourth-order valence-electron chi connectivity index (χ4n) is 4.04. The second-order valence-electron chi connectivity index (χ2n) is 7.53. The van der Waals surface area contributed by atoms with Gasteiger partial charge in [-0.1, -0.05) is 30.7 Å². The number of pyridine rings is 1. The van der Waals surface area contributed by atoms with E-state index in [0.29, 0.717) is 18.3 Å². The number of methoxy groups -OCH3 is 1. The van der Waals surface area contributed by atoms with E-state index in [9.17, 15) is 4.79 Å². The van der Waals surface area contributed by atoms with Crippen molar-refractivity contribution >= 4 is 28.6 Å². The second kappa shape index (κ2) is 9.47. The highest BCUT2D eigenvalue weighted by Crippen LogP contribution is 2.33. The summed E-state index contributed by atoms with van der Waals surface area (Å²) < 4.78 is 7.55. The second-order valence-corrected chi connectivity index (χ2v) is 8.30. The van der Waals surface area contributed by atoms with Crippen molar-refractivity contribution in [3.63, 3.8) is 0 Å². The molecule has 1 aliphatic carbocycles. The Labute approximate surface area is 180 Å². The van der Waals surface area contributed by atoms with Crippen molar-refractivity contribution in [3.05, 3.63) is 41.9 Å². The maximum atomic E-state index is 12.5. The van der Waals surface area contributed by atoms with Crippen molar-refractivity contribution in [2.24, 2.45) is 0 Å². The van der Waals surface area contributed by atoms with Crippen LogP contribution in [0.3, 0.4) is 0 Å². The molecule has 1 amide bonds. The standard InChI is InChI=1S/C22H27N5O2S/c1-29-17-10-12-18-15(14-17)9-11-19(24-18)21(28)23-13-5-8-20-25-26-22(30-2)27(20)16-6-3-4-7-16/h9-12,14,16H,3-8,13H2,1-2H3,(H,23,28). The molecule has 1 saturated carbocycles. The monoisotopic (exact) mass is 425 g/mol. The normalized spacial score (nSPS) is 14.3. The first-order valence-corrected chi connectivity index (χ1v) is 11.6. The molecule has 1 aromatic carbocycles. The fourth-order valence-corrected chi connectivity index (χ4v) is 4.62. The minimum Gasteiger partial charge on any atom is -0.497 e. The third kappa shape index (κ3) is 4.43. The van der Waals surface area contributed by atoms with E-state index in [1.54, 1.807) is 24.9 Å². The third-order valence-corrected chi connectivity index (χ3v) is 6.24. The Morgan fingerprint density at radius 2 is 2.07 bits per heavy atom. The summed E-state index contributed by atoms with van der Waals surface area (Å²) in [6.07, 6.45) is 8.62. The Hall–Kier alpha value is -2.61. The molecule has 1 aliphatic rings. The summed E-state index contributed by atoms with van der Waals surface area (Å²) in [7, 11) is 1.63. The van der Waals surface area contributed by atoms with E-state index in [1.165, 1.54) is 25.7 Å². The Morgan fingerprint density at radius 1 is 1.23 bits per heavy atom. The fraction of sp³-hybridized carbons (Fsp3) is 0.455. The lowest BCUT2D eigenvalue weighted by Gasteiger charge is -2.16. The summed E-state index contributed by atoms with van der Waals surface area (Å²) in [4.78, 5) is 17.0. The lowest BCUT2D eigenvalue weighted by molar-refractivity contribution is 0.0948. The molecule has 1 fully saturated rings. The van der Waals surface area contributed by atoms with Crippen LogP contribution in [0.2, 0.25) is 0 Å². The average molecular weight is 426 g/mol. The Kier molecular flexibility index (Phi) is 6.52. The number of hydrogen-bond acceptors (Lipinski definition) is 6. The number of carbonyl (C=O) groups excluding carboxylic acids is 1. The number of thioether (sulfide) groups is 1. The summed E-state index contributed by atoms with van der Waals surface area (Å²) in [6, 6.07) is 9.79. The van der Waals surface area contributed by atoms with Gasteiger partial charge in [0.15, 0.2) is 5.16 Å². The maximum Gasteiger partial charge on any atom is 0.269 e. The molecule has 0 radical (unpaired) electrons. The predicted octanol–water partition coefficient (Wildman–Crippen LogP) is 4.03. The summed E-state index contributed by atoms with van der Waals surface area (Å²) in [6.45, 7) is 0.577. The van der Waals surface area contributed by atoms with E-state index in [2.05, 4.69) is 25.1 Å². The highest BCUT2D eigenvalue weighted by Gasteiger charge is 2.23. The zero-order chi connectivity index (χ0) is 20.9. The summed E-state index contributed by atoms with van der Waals surface area (Å²) in [5.74, 6) is 1.64. The summed E-state index contributed by atoms with van der Waals surface area (Å²) in [5.41, 5.74) is 1.20. The van der Waals surface area contributed by atoms with E-state index >= 15 is 0 Å². The van der Waals surface area contributed by atoms with Gasteiger partial charge >= 0.3 is 0 Å². The van der Waals surface area contributed by atoms with Crippen LogP contribution in [0.4, 0.5) is 0 Å². The van der Waals surface area contributed by atoms with Gasteiger partial charge in [-0.15, -0.1) is 10.2 Å². The van der Waals surface area contributed by atoms with Crippen LogP contribution >= 0.6 is 11.8 Å². The van der Waals surface area contributed by atoms with Gasteiger partial charge in [0.1, 0.15) is 17.3 Å². The maximum absolute atomic E-state index is 12.5. The van der Waals surface area contributed by atoms with Gasteiger partial charge in [-0.05, 0) is 49.8 Å². The number of fused-ring (bicyclic) bond motifs is 1. The summed E-state index contributed by atoms with van der Waals surface area (Å²) in [5, 5.41) is 13.7. The smallest absolute Gasteiger partial charge is 0.269 e.